The molecule has 1 aromatic carbocycles. The molecule has 6 nitrogen and oxygen atoms in total. The first-order chi connectivity index (χ1) is 8.40. The molecule has 4 N–H and O–H groups in total. The molecule has 0 unspecified atom stereocenters. The van der Waals surface area contributed by atoms with Crippen molar-refractivity contribution in [1.29, 1.82) is 0 Å². The number of aromatic amines is 1. The fourth-order valence-electron chi connectivity index (χ4n) is 1.36. The van der Waals surface area contributed by atoms with Gasteiger partial charge in [-0.1, -0.05) is 0 Å². The number of nitrogens with two attached hydrogens (primary N) is 1. The molecule has 0 radical (unpaired) electrons. The number of hydrogen-bond acceptors (Lipinski definition) is 4. The second-order valence-corrected chi connectivity index (χ2v) is 6.22. The van der Waals surface area contributed by atoms with E-state index in [1.807, 2.05) is 6.92 Å². The van der Waals surface area contributed by atoms with Crippen LogP contribution < -0.4 is 10.5 Å². The third-order valence-corrected chi connectivity index (χ3v) is 4.31. The Morgan fingerprint density at radius 3 is 2.78 bits per heavy atom. The first-order valence-corrected chi connectivity index (χ1v) is 7.24. The lowest BCUT2D eigenvalue weighted by Crippen LogP contribution is -2.14. The van der Waals surface area contributed by atoms with Crippen molar-refractivity contribution >= 4 is 37.3 Å². The maximum absolute atomic E-state index is 12.0. The summed E-state index contributed by atoms with van der Waals surface area (Å²) in [5, 5.41) is -0.00598. The van der Waals surface area contributed by atoms with Crippen LogP contribution in [-0.2, 0) is 10.0 Å². The summed E-state index contributed by atoms with van der Waals surface area (Å²) in [4.78, 5) is 6.21. The van der Waals surface area contributed by atoms with Crippen LogP contribution in [0.15, 0.2) is 34.2 Å². The van der Waals surface area contributed by atoms with E-state index < -0.39 is 10.0 Å². The minimum Gasteiger partial charge on any atom is -0.398 e. The van der Waals surface area contributed by atoms with Crippen molar-refractivity contribution in [3.8, 4) is 0 Å². The van der Waals surface area contributed by atoms with E-state index in [9.17, 15) is 8.42 Å². The van der Waals surface area contributed by atoms with E-state index >= 15 is 0 Å². The Morgan fingerprint density at radius 1 is 1.44 bits per heavy atom. The Balaban J connectivity index is 2.39. The van der Waals surface area contributed by atoms with E-state index in [1.165, 1.54) is 12.5 Å². The van der Waals surface area contributed by atoms with Gasteiger partial charge in [-0.2, -0.15) is 8.42 Å². The Labute approximate surface area is 113 Å². The molecule has 0 atom stereocenters. The van der Waals surface area contributed by atoms with E-state index in [1.54, 1.807) is 12.1 Å². The Morgan fingerprint density at radius 2 is 2.17 bits per heavy atom. The van der Waals surface area contributed by atoms with Crippen LogP contribution in [0.3, 0.4) is 0 Å². The fourth-order valence-corrected chi connectivity index (χ4v) is 3.02. The highest BCUT2D eigenvalue weighted by atomic mass is 79.9. The molecule has 18 heavy (non-hydrogen) atoms. The van der Waals surface area contributed by atoms with Crippen molar-refractivity contribution in [2.75, 3.05) is 10.5 Å². The molecule has 1 aromatic heterocycles. The molecule has 2 aromatic rings. The van der Waals surface area contributed by atoms with Crippen LogP contribution in [0.2, 0.25) is 0 Å². The largest absolute Gasteiger partial charge is 0.398 e. The molecule has 0 amide bonds. The summed E-state index contributed by atoms with van der Waals surface area (Å²) in [6.07, 6.45) is 2.53. The van der Waals surface area contributed by atoms with Gasteiger partial charge >= 0.3 is 0 Å². The summed E-state index contributed by atoms with van der Waals surface area (Å²) in [5.41, 5.74) is 7.51. The highest BCUT2D eigenvalue weighted by Crippen LogP contribution is 2.29. The van der Waals surface area contributed by atoms with Gasteiger partial charge in [-0.25, -0.2) is 4.98 Å². The predicted molar refractivity (Wildman–Crippen MR) is 72.7 cm³/mol. The van der Waals surface area contributed by atoms with Crippen molar-refractivity contribution in [3.63, 3.8) is 0 Å². The molecular weight excluding hydrogens is 320 g/mol. The van der Waals surface area contributed by atoms with Crippen LogP contribution in [0, 0.1) is 6.92 Å². The SMILES string of the molecule is Cc1cc(Br)c(NS(=O)(=O)c2cnc[nH]2)cc1N. The van der Waals surface area contributed by atoms with Gasteiger partial charge in [0.25, 0.3) is 10.0 Å². The van der Waals surface area contributed by atoms with Crippen LogP contribution in [-0.4, -0.2) is 18.4 Å². The molecule has 0 spiro atoms. The highest BCUT2D eigenvalue weighted by Gasteiger charge is 2.17. The number of aryl methyl sites for hydroxylation is 1. The average Bonchev–Trinajstić information content (AvgIpc) is 2.79. The van der Waals surface area contributed by atoms with Gasteiger partial charge in [0.1, 0.15) is 0 Å². The molecule has 0 saturated carbocycles. The van der Waals surface area contributed by atoms with Crippen LogP contribution in [0.5, 0.6) is 0 Å². The number of aromatic nitrogens is 2. The quantitative estimate of drug-likeness (QED) is 0.747. The van der Waals surface area contributed by atoms with Crippen LogP contribution in [0.25, 0.3) is 0 Å². The second-order valence-electron chi connectivity index (χ2n) is 3.71. The maximum Gasteiger partial charge on any atom is 0.279 e. The van der Waals surface area contributed by atoms with Crippen LogP contribution >= 0.6 is 15.9 Å². The molecule has 0 aliphatic rings. The van der Waals surface area contributed by atoms with Crippen molar-refractivity contribution in [2.24, 2.45) is 0 Å². The number of nitrogens with zero attached hydrogens (tertiary/aromatic N) is 1. The van der Waals surface area contributed by atoms with Gasteiger partial charge in [0.05, 0.1) is 18.2 Å². The zero-order valence-corrected chi connectivity index (χ0v) is 11.8. The van der Waals surface area contributed by atoms with E-state index in [0.29, 0.717) is 15.8 Å². The molecule has 0 aliphatic heterocycles. The number of H-pyrrole nitrogens is 1. The topological polar surface area (TPSA) is 101 Å². The molecule has 0 bridgehead atoms. The third kappa shape index (κ3) is 2.49. The van der Waals surface area contributed by atoms with Crippen LogP contribution in [0.4, 0.5) is 11.4 Å². The van der Waals surface area contributed by atoms with E-state index in [-0.39, 0.29) is 5.03 Å². The smallest absolute Gasteiger partial charge is 0.279 e. The first kappa shape index (κ1) is 12.9. The van der Waals surface area contributed by atoms with Gasteiger partial charge in [0.15, 0.2) is 5.03 Å². The number of halogens is 1. The number of imidazole rings is 1. The first-order valence-electron chi connectivity index (χ1n) is 4.97. The summed E-state index contributed by atoms with van der Waals surface area (Å²) < 4.78 is 27.0. The van der Waals surface area contributed by atoms with Gasteiger partial charge in [-0.3, -0.25) is 4.72 Å². The Kier molecular flexibility index (Phi) is 3.31. The standard InChI is InChI=1S/C10H11BrN4O2S/c1-6-2-7(11)9(3-8(6)12)15-18(16,17)10-4-13-5-14-10/h2-5,15H,12H2,1H3,(H,13,14). The van der Waals surface area contributed by atoms with Gasteiger partial charge < -0.3 is 10.7 Å². The third-order valence-electron chi connectivity index (χ3n) is 2.36. The predicted octanol–water partition coefficient (Wildman–Crippen LogP) is 1.86. The lowest BCUT2D eigenvalue weighted by molar-refractivity contribution is 0.598. The number of sulfonamides is 1. The summed E-state index contributed by atoms with van der Waals surface area (Å²) in [7, 11) is -3.68. The molecule has 2 rings (SSSR count). The summed E-state index contributed by atoms with van der Waals surface area (Å²) >= 11 is 3.29. The second kappa shape index (κ2) is 4.62. The van der Waals surface area contributed by atoms with Crippen molar-refractivity contribution < 1.29 is 8.42 Å². The van der Waals surface area contributed by atoms with E-state index in [4.69, 9.17) is 5.73 Å². The van der Waals surface area contributed by atoms with Gasteiger partial charge in [0, 0.05) is 10.2 Å². The molecule has 0 aliphatic carbocycles. The Hall–Kier alpha value is -1.54. The van der Waals surface area contributed by atoms with Gasteiger partial charge in [0.2, 0.25) is 0 Å². The van der Waals surface area contributed by atoms with Crippen molar-refractivity contribution in [2.45, 2.75) is 11.9 Å². The number of benzene rings is 1. The molecule has 1 heterocycles. The highest BCUT2D eigenvalue weighted by molar-refractivity contribution is 9.10. The zero-order chi connectivity index (χ0) is 13.3. The number of hydrogen-bond donors (Lipinski definition) is 3. The van der Waals surface area contributed by atoms with E-state index in [2.05, 4.69) is 30.6 Å². The molecule has 96 valence electrons. The minimum absolute atomic E-state index is 0.00598. The molecule has 0 saturated heterocycles. The fraction of sp³-hybridized carbons (Fsp3) is 0.100. The van der Waals surface area contributed by atoms with Crippen molar-refractivity contribution in [1.82, 2.24) is 9.97 Å². The van der Waals surface area contributed by atoms with Gasteiger partial charge in [-0.15, -0.1) is 0 Å². The Bertz CT molecular complexity index is 667. The lowest BCUT2D eigenvalue weighted by atomic mass is 10.2. The van der Waals surface area contributed by atoms with Crippen LogP contribution in [0.1, 0.15) is 5.56 Å². The number of rotatable bonds is 3. The van der Waals surface area contributed by atoms with Crippen molar-refractivity contribution in [3.05, 3.63) is 34.7 Å². The summed E-state index contributed by atoms with van der Waals surface area (Å²) in [6, 6.07) is 3.31. The molecule has 0 fully saturated rings. The molecular formula is C10H11BrN4O2S. The maximum atomic E-state index is 12.0. The monoisotopic (exact) mass is 330 g/mol. The minimum atomic E-state index is -3.68. The summed E-state index contributed by atoms with van der Waals surface area (Å²) in [5.74, 6) is 0. The number of nitrogens with one attached hydrogen (secondary N) is 2. The number of nitrogen functional groups attached to an aromatic ring is 1. The van der Waals surface area contributed by atoms with E-state index in [0.717, 1.165) is 5.56 Å². The normalized spacial score (nSPS) is 11.4. The number of anilines is 2. The van der Waals surface area contributed by atoms with Gasteiger partial charge in [-0.05, 0) is 40.5 Å². The average molecular weight is 331 g/mol. The lowest BCUT2D eigenvalue weighted by Gasteiger charge is -2.10. The zero-order valence-electron chi connectivity index (χ0n) is 9.44. The summed E-state index contributed by atoms with van der Waals surface area (Å²) in [6.45, 7) is 1.84. The molecule has 8 heteroatoms.